The maximum absolute atomic E-state index is 13.8. The van der Waals surface area contributed by atoms with Crippen LogP contribution in [0.2, 0.25) is 0 Å². The molecule has 7 nitrogen and oxygen atoms in total. The lowest BCUT2D eigenvalue weighted by molar-refractivity contribution is -0.141. The molecule has 4 amide bonds. The zero-order valence-corrected chi connectivity index (χ0v) is 23.4. The molecule has 3 aromatic rings. The maximum Gasteiger partial charge on any atom is 0.261 e. The van der Waals surface area contributed by atoms with Crippen LogP contribution in [0.5, 0.6) is 0 Å². The average molecular weight is 540 g/mol. The van der Waals surface area contributed by atoms with Crippen LogP contribution in [0.3, 0.4) is 0 Å². The van der Waals surface area contributed by atoms with Gasteiger partial charge in [-0.05, 0) is 49.9 Å². The van der Waals surface area contributed by atoms with Gasteiger partial charge in [0.05, 0.1) is 11.1 Å². The van der Waals surface area contributed by atoms with Crippen LogP contribution in [-0.4, -0.2) is 52.1 Å². The fourth-order valence-corrected chi connectivity index (χ4v) is 4.86. The Balaban J connectivity index is 1.54. The normalized spacial score (nSPS) is 14.0. The minimum Gasteiger partial charge on any atom is -0.352 e. The highest BCUT2D eigenvalue weighted by Gasteiger charge is 2.35. The van der Waals surface area contributed by atoms with Crippen LogP contribution in [0.4, 0.5) is 0 Å². The monoisotopic (exact) mass is 539 g/mol. The van der Waals surface area contributed by atoms with Gasteiger partial charge in [-0.1, -0.05) is 79.2 Å². The van der Waals surface area contributed by atoms with Gasteiger partial charge in [0.25, 0.3) is 11.8 Å². The number of benzene rings is 3. The van der Waals surface area contributed by atoms with Gasteiger partial charge < -0.3 is 10.2 Å². The lowest BCUT2D eigenvalue weighted by atomic mass is 10.0. The van der Waals surface area contributed by atoms with Crippen molar-refractivity contribution in [2.75, 3.05) is 6.54 Å². The quantitative estimate of drug-likeness (QED) is 0.331. The number of hydrogen-bond donors (Lipinski definition) is 1. The van der Waals surface area contributed by atoms with E-state index in [1.54, 1.807) is 29.2 Å². The van der Waals surface area contributed by atoms with Crippen molar-refractivity contribution < 1.29 is 19.2 Å². The van der Waals surface area contributed by atoms with Gasteiger partial charge in [0.15, 0.2) is 0 Å². The molecule has 0 fully saturated rings. The minimum atomic E-state index is -0.718. The SMILES string of the molecule is CC[C@H](C)NC(=O)[C@@H](Cc1ccccc1)N(Cc1ccc(C)cc1)C(=O)CCCN1C(=O)c2ccccc2C1=O. The summed E-state index contributed by atoms with van der Waals surface area (Å²) < 4.78 is 0. The van der Waals surface area contributed by atoms with Crippen LogP contribution in [-0.2, 0) is 22.6 Å². The van der Waals surface area contributed by atoms with Gasteiger partial charge in [0.2, 0.25) is 11.8 Å². The molecule has 40 heavy (non-hydrogen) atoms. The third-order valence-corrected chi connectivity index (χ3v) is 7.40. The van der Waals surface area contributed by atoms with Crippen molar-refractivity contribution >= 4 is 23.6 Å². The second-order valence-corrected chi connectivity index (χ2v) is 10.4. The molecule has 2 atom stereocenters. The van der Waals surface area contributed by atoms with Gasteiger partial charge >= 0.3 is 0 Å². The van der Waals surface area contributed by atoms with Crippen molar-refractivity contribution in [3.63, 3.8) is 0 Å². The number of carbonyl (C=O) groups excluding carboxylic acids is 4. The second kappa shape index (κ2) is 13.2. The molecule has 3 aromatic carbocycles. The summed E-state index contributed by atoms with van der Waals surface area (Å²) in [5.41, 5.74) is 3.78. The minimum absolute atomic E-state index is 0.0316. The highest BCUT2D eigenvalue weighted by Crippen LogP contribution is 2.23. The zero-order valence-electron chi connectivity index (χ0n) is 23.4. The van der Waals surface area contributed by atoms with Crippen LogP contribution < -0.4 is 5.32 Å². The number of hydrogen-bond acceptors (Lipinski definition) is 4. The summed E-state index contributed by atoms with van der Waals surface area (Å²) in [4.78, 5) is 55.8. The molecule has 1 N–H and O–H groups in total. The van der Waals surface area contributed by atoms with E-state index in [1.165, 1.54) is 4.90 Å². The molecule has 0 saturated carbocycles. The van der Waals surface area contributed by atoms with E-state index in [1.807, 2.05) is 75.4 Å². The van der Waals surface area contributed by atoms with Crippen molar-refractivity contribution in [1.29, 1.82) is 0 Å². The number of imide groups is 1. The predicted octanol–water partition coefficient (Wildman–Crippen LogP) is 4.93. The number of rotatable bonds is 12. The van der Waals surface area contributed by atoms with Crippen LogP contribution in [0, 0.1) is 6.92 Å². The van der Waals surface area contributed by atoms with Crippen molar-refractivity contribution in [3.8, 4) is 0 Å². The van der Waals surface area contributed by atoms with Crippen LogP contribution in [0.15, 0.2) is 78.9 Å². The molecule has 7 heteroatoms. The van der Waals surface area contributed by atoms with Crippen molar-refractivity contribution in [3.05, 3.63) is 107 Å². The van der Waals surface area contributed by atoms with E-state index in [-0.39, 0.29) is 49.2 Å². The number of nitrogens with zero attached hydrogens (tertiary/aromatic N) is 2. The Morgan fingerprint density at radius 2 is 1.45 bits per heavy atom. The molecule has 4 rings (SSSR count). The smallest absolute Gasteiger partial charge is 0.261 e. The van der Waals surface area contributed by atoms with Gasteiger partial charge in [0.1, 0.15) is 6.04 Å². The summed E-state index contributed by atoms with van der Waals surface area (Å²) in [6, 6.07) is 23.6. The lowest BCUT2D eigenvalue weighted by Gasteiger charge is -2.32. The van der Waals surface area contributed by atoms with Gasteiger partial charge in [-0.15, -0.1) is 0 Å². The number of amides is 4. The largest absolute Gasteiger partial charge is 0.352 e. The molecule has 0 aliphatic carbocycles. The molecular formula is C33H37N3O4. The maximum atomic E-state index is 13.8. The summed E-state index contributed by atoms with van der Waals surface area (Å²) in [5.74, 6) is -1.06. The molecule has 1 aliphatic rings. The Bertz CT molecular complexity index is 1320. The Morgan fingerprint density at radius 3 is 2.05 bits per heavy atom. The van der Waals surface area contributed by atoms with Gasteiger partial charge in [0, 0.05) is 32.0 Å². The first-order valence-corrected chi connectivity index (χ1v) is 13.9. The first-order chi connectivity index (χ1) is 19.3. The molecule has 0 aromatic heterocycles. The lowest BCUT2D eigenvalue weighted by Crippen LogP contribution is -2.52. The molecule has 0 saturated heterocycles. The van der Waals surface area contributed by atoms with Gasteiger partial charge in [-0.25, -0.2) is 0 Å². The second-order valence-electron chi connectivity index (χ2n) is 10.4. The molecule has 1 aliphatic heterocycles. The van der Waals surface area contributed by atoms with Crippen molar-refractivity contribution in [2.45, 2.75) is 65.1 Å². The topological polar surface area (TPSA) is 86.8 Å². The van der Waals surface area contributed by atoms with Crippen LogP contribution >= 0.6 is 0 Å². The molecule has 0 bridgehead atoms. The average Bonchev–Trinajstić information content (AvgIpc) is 3.21. The third-order valence-electron chi connectivity index (χ3n) is 7.40. The highest BCUT2D eigenvalue weighted by molar-refractivity contribution is 6.21. The molecule has 1 heterocycles. The Labute approximate surface area is 236 Å². The molecule has 0 radical (unpaired) electrons. The van der Waals surface area contributed by atoms with Crippen molar-refractivity contribution in [2.24, 2.45) is 0 Å². The van der Waals surface area contributed by atoms with E-state index in [4.69, 9.17) is 0 Å². The summed E-state index contributed by atoms with van der Waals surface area (Å²) in [6.07, 6.45) is 1.55. The van der Waals surface area contributed by atoms with Gasteiger partial charge in [-0.3, -0.25) is 24.1 Å². The van der Waals surface area contributed by atoms with E-state index >= 15 is 0 Å². The summed E-state index contributed by atoms with van der Waals surface area (Å²) >= 11 is 0. The zero-order chi connectivity index (χ0) is 28.6. The summed E-state index contributed by atoms with van der Waals surface area (Å²) in [6.45, 7) is 6.37. The number of fused-ring (bicyclic) bond motifs is 1. The first kappa shape index (κ1) is 28.7. The molecule has 208 valence electrons. The van der Waals surface area contributed by atoms with Crippen molar-refractivity contribution in [1.82, 2.24) is 15.1 Å². The fraction of sp³-hybridized carbons (Fsp3) is 0.333. The predicted molar refractivity (Wildman–Crippen MR) is 155 cm³/mol. The van der Waals surface area contributed by atoms with E-state index in [9.17, 15) is 19.2 Å². The Morgan fingerprint density at radius 1 is 0.850 bits per heavy atom. The number of carbonyl (C=O) groups is 4. The summed E-state index contributed by atoms with van der Waals surface area (Å²) in [7, 11) is 0. The van der Waals surface area contributed by atoms with Gasteiger partial charge in [-0.2, -0.15) is 0 Å². The fourth-order valence-electron chi connectivity index (χ4n) is 4.86. The Kier molecular flexibility index (Phi) is 9.48. The van der Waals surface area contributed by atoms with E-state index in [2.05, 4.69) is 5.32 Å². The van der Waals surface area contributed by atoms with Crippen LogP contribution in [0.1, 0.15) is 70.5 Å². The molecular weight excluding hydrogens is 502 g/mol. The molecule has 0 spiro atoms. The Hall–Kier alpha value is -4.26. The van der Waals surface area contributed by atoms with E-state index < -0.39 is 6.04 Å². The third kappa shape index (κ3) is 6.84. The molecule has 0 unspecified atom stereocenters. The van der Waals surface area contributed by atoms with E-state index in [0.717, 1.165) is 23.1 Å². The van der Waals surface area contributed by atoms with Crippen LogP contribution in [0.25, 0.3) is 0 Å². The summed E-state index contributed by atoms with van der Waals surface area (Å²) in [5, 5.41) is 3.07. The van der Waals surface area contributed by atoms with E-state index in [0.29, 0.717) is 24.0 Å². The number of nitrogens with one attached hydrogen (secondary N) is 1. The highest BCUT2D eigenvalue weighted by atomic mass is 16.2. The standard InChI is InChI=1S/C33H37N3O4/c1-4-24(3)34-31(38)29(21-25-11-6-5-7-12-25)36(22-26-18-16-23(2)17-19-26)30(37)15-10-20-35-32(39)27-13-8-9-14-28(27)33(35)40/h5-9,11-14,16-19,24,29H,4,10,15,20-22H2,1-3H3,(H,34,38)/t24-,29+/m0/s1. The number of aryl methyl sites for hydroxylation is 1. The first-order valence-electron chi connectivity index (χ1n) is 13.9.